The number of benzene rings is 1. The highest BCUT2D eigenvalue weighted by molar-refractivity contribution is 7.85. The fourth-order valence-corrected chi connectivity index (χ4v) is 7.90. The minimum Gasteiger partial charge on any atom is -0.282 e. The summed E-state index contributed by atoms with van der Waals surface area (Å²) in [5.41, 5.74) is 1.14. The van der Waals surface area contributed by atoms with Gasteiger partial charge in [-0.25, -0.2) is 0 Å². The molecule has 1 rings (SSSR count). The molecule has 0 radical (unpaired) electrons. The van der Waals surface area contributed by atoms with Crippen LogP contribution in [0.1, 0.15) is 250 Å². The molecular formula is C45H84O3S. The Morgan fingerprint density at radius 1 is 0.347 bits per heavy atom. The lowest BCUT2D eigenvalue weighted by Crippen LogP contribution is -1.98. The Kier molecular flexibility index (Phi) is 33.5. The average Bonchev–Trinajstić information content (AvgIpc) is 3.09. The van der Waals surface area contributed by atoms with E-state index in [-0.39, 0.29) is 4.90 Å². The molecule has 1 aromatic carbocycles. The second-order valence-electron chi connectivity index (χ2n) is 15.6. The van der Waals surface area contributed by atoms with Gasteiger partial charge in [0.25, 0.3) is 10.1 Å². The minimum atomic E-state index is -4.08. The Morgan fingerprint density at radius 3 is 0.755 bits per heavy atom. The van der Waals surface area contributed by atoms with E-state index in [9.17, 15) is 8.42 Å². The van der Waals surface area contributed by atoms with Crippen molar-refractivity contribution in [2.24, 2.45) is 0 Å². The van der Waals surface area contributed by atoms with Gasteiger partial charge in [0.2, 0.25) is 0 Å². The lowest BCUT2D eigenvalue weighted by molar-refractivity contribution is 0.483. The first kappa shape index (κ1) is 46.2. The van der Waals surface area contributed by atoms with Crippen LogP contribution in [0.3, 0.4) is 0 Å². The summed E-state index contributed by atoms with van der Waals surface area (Å²) in [6.45, 7) is 2.30. The zero-order valence-electron chi connectivity index (χ0n) is 32.9. The summed E-state index contributed by atoms with van der Waals surface area (Å²) in [5.74, 6) is 0. The van der Waals surface area contributed by atoms with Crippen LogP contribution in [-0.4, -0.2) is 13.0 Å². The molecule has 0 heterocycles. The van der Waals surface area contributed by atoms with Gasteiger partial charge in [0.05, 0.1) is 4.90 Å². The SMILES string of the molecule is CCCCCCCCCCCCCCCCCCCCCCCCCCCCCCCCCCCCCCCc1ccc(S(=O)(=O)O)cc1. The van der Waals surface area contributed by atoms with E-state index < -0.39 is 10.1 Å². The van der Waals surface area contributed by atoms with E-state index in [4.69, 9.17) is 4.55 Å². The van der Waals surface area contributed by atoms with E-state index in [1.165, 1.54) is 243 Å². The molecule has 0 aliphatic heterocycles. The Balaban J connectivity index is 1.66. The molecule has 0 aliphatic carbocycles. The van der Waals surface area contributed by atoms with Crippen LogP contribution < -0.4 is 0 Å². The van der Waals surface area contributed by atoms with E-state index >= 15 is 0 Å². The smallest absolute Gasteiger partial charge is 0.282 e. The third kappa shape index (κ3) is 32.8. The summed E-state index contributed by atoms with van der Waals surface area (Å²) in [6.07, 6.45) is 54.0. The largest absolute Gasteiger partial charge is 0.294 e. The van der Waals surface area contributed by atoms with E-state index in [0.717, 1.165) is 18.4 Å². The second kappa shape index (κ2) is 35.5. The summed E-state index contributed by atoms with van der Waals surface area (Å²) in [7, 11) is -4.08. The van der Waals surface area contributed by atoms with Gasteiger partial charge in [-0.1, -0.05) is 250 Å². The van der Waals surface area contributed by atoms with Gasteiger partial charge in [-0.05, 0) is 30.5 Å². The van der Waals surface area contributed by atoms with E-state index in [2.05, 4.69) is 6.92 Å². The Hall–Kier alpha value is -0.870. The van der Waals surface area contributed by atoms with Crippen molar-refractivity contribution in [2.45, 2.75) is 256 Å². The van der Waals surface area contributed by atoms with E-state index in [0.29, 0.717) is 0 Å². The van der Waals surface area contributed by atoms with Crippen LogP contribution in [0.25, 0.3) is 0 Å². The third-order valence-corrected chi connectivity index (χ3v) is 11.7. The van der Waals surface area contributed by atoms with Crippen LogP contribution in [0, 0.1) is 0 Å². The zero-order chi connectivity index (χ0) is 35.4. The molecule has 0 saturated heterocycles. The summed E-state index contributed by atoms with van der Waals surface area (Å²) >= 11 is 0. The van der Waals surface area contributed by atoms with Gasteiger partial charge in [-0.2, -0.15) is 8.42 Å². The molecule has 0 amide bonds. The average molecular weight is 705 g/mol. The van der Waals surface area contributed by atoms with E-state index in [1.54, 1.807) is 0 Å². The van der Waals surface area contributed by atoms with Crippen molar-refractivity contribution in [3.8, 4) is 0 Å². The molecule has 0 saturated carbocycles. The van der Waals surface area contributed by atoms with Gasteiger partial charge in [-0.15, -0.1) is 0 Å². The maximum Gasteiger partial charge on any atom is 0.294 e. The van der Waals surface area contributed by atoms with Crippen molar-refractivity contribution < 1.29 is 13.0 Å². The van der Waals surface area contributed by atoms with Gasteiger partial charge in [0.1, 0.15) is 0 Å². The third-order valence-electron chi connectivity index (χ3n) is 10.8. The second-order valence-corrected chi connectivity index (χ2v) is 17.0. The fourth-order valence-electron chi connectivity index (χ4n) is 7.42. The summed E-state index contributed by atoms with van der Waals surface area (Å²) in [4.78, 5) is -0.0205. The van der Waals surface area contributed by atoms with Gasteiger partial charge >= 0.3 is 0 Å². The van der Waals surface area contributed by atoms with Crippen molar-refractivity contribution in [1.82, 2.24) is 0 Å². The Bertz CT molecular complexity index is 894. The molecule has 49 heavy (non-hydrogen) atoms. The first-order valence-corrected chi connectivity index (χ1v) is 23.5. The number of rotatable bonds is 39. The quantitative estimate of drug-likeness (QED) is 0.0548. The van der Waals surface area contributed by atoms with Gasteiger partial charge in [-0.3, -0.25) is 4.55 Å². The molecule has 0 spiro atoms. The topological polar surface area (TPSA) is 54.4 Å². The van der Waals surface area contributed by atoms with Crippen LogP contribution in [0.2, 0.25) is 0 Å². The first-order chi connectivity index (χ1) is 24.0. The molecule has 3 nitrogen and oxygen atoms in total. The molecule has 0 fully saturated rings. The van der Waals surface area contributed by atoms with Crippen molar-refractivity contribution in [3.63, 3.8) is 0 Å². The van der Waals surface area contributed by atoms with Crippen LogP contribution in [-0.2, 0) is 16.5 Å². The maximum atomic E-state index is 11.1. The van der Waals surface area contributed by atoms with Gasteiger partial charge < -0.3 is 0 Å². The molecular weight excluding hydrogens is 621 g/mol. The molecule has 0 bridgehead atoms. The molecule has 0 atom stereocenters. The lowest BCUT2D eigenvalue weighted by atomic mass is 10.0. The molecule has 4 heteroatoms. The first-order valence-electron chi connectivity index (χ1n) is 22.1. The number of unbranched alkanes of at least 4 members (excludes halogenated alkanes) is 36. The highest BCUT2D eigenvalue weighted by atomic mass is 32.2. The van der Waals surface area contributed by atoms with Crippen LogP contribution in [0.4, 0.5) is 0 Å². The van der Waals surface area contributed by atoms with Crippen LogP contribution in [0.5, 0.6) is 0 Å². The Labute approximate surface area is 307 Å². The van der Waals surface area contributed by atoms with Gasteiger partial charge in [0.15, 0.2) is 0 Å². The summed E-state index contributed by atoms with van der Waals surface area (Å²) in [6, 6.07) is 6.62. The fraction of sp³-hybridized carbons (Fsp3) is 0.867. The predicted molar refractivity (Wildman–Crippen MR) is 216 cm³/mol. The van der Waals surface area contributed by atoms with Crippen LogP contribution in [0.15, 0.2) is 29.2 Å². The number of aryl methyl sites for hydroxylation is 1. The predicted octanol–water partition coefficient (Wildman–Crippen LogP) is 15.9. The molecule has 0 unspecified atom stereocenters. The zero-order valence-corrected chi connectivity index (χ0v) is 33.7. The molecule has 0 aromatic heterocycles. The highest BCUT2D eigenvalue weighted by Gasteiger charge is 2.08. The molecule has 288 valence electrons. The Morgan fingerprint density at radius 2 is 0.551 bits per heavy atom. The van der Waals surface area contributed by atoms with Crippen LogP contribution >= 0.6 is 0 Å². The normalized spacial score (nSPS) is 11.9. The lowest BCUT2D eigenvalue weighted by Gasteiger charge is -2.05. The number of hydrogen-bond donors (Lipinski definition) is 1. The van der Waals surface area contributed by atoms with Crippen molar-refractivity contribution in [1.29, 1.82) is 0 Å². The summed E-state index contributed by atoms with van der Waals surface area (Å²) in [5, 5.41) is 0. The molecule has 0 aliphatic rings. The standard InChI is InChI=1S/C45H84O3S/c1-2-3-4-5-6-7-8-9-10-11-12-13-14-15-16-17-18-19-20-21-22-23-24-25-26-27-28-29-30-31-32-33-34-35-36-37-38-39-44-40-42-45(43-41-44)49(46,47)48/h40-43H,2-39H2,1H3,(H,46,47,48). The highest BCUT2D eigenvalue weighted by Crippen LogP contribution is 2.18. The van der Waals surface area contributed by atoms with Crippen molar-refractivity contribution >= 4 is 10.1 Å². The van der Waals surface area contributed by atoms with Crippen molar-refractivity contribution in [2.75, 3.05) is 0 Å². The van der Waals surface area contributed by atoms with E-state index in [1.807, 2.05) is 12.1 Å². The minimum absolute atomic E-state index is 0.0205. The van der Waals surface area contributed by atoms with Crippen molar-refractivity contribution in [3.05, 3.63) is 29.8 Å². The monoisotopic (exact) mass is 705 g/mol. The summed E-state index contributed by atoms with van der Waals surface area (Å²) < 4.78 is 31.3. The molecule has 1 N–H and O–H groups in total. The number of hydrogen-bond acceptors (Lipinski definition) is 2. The maximum absolute atomic E-state index is 11.1. The van der Waals surface area contributed by atoms with Gasteiger partial charge in [0, 0.05) is 0 Å². The molecule has 1 aromatic rings.